The molecule has 44 heavy (non-hydrogen) atoms. The Kier molecular flexibility index (Phi) is 5.54. The maximum absolute atomic E-state index is 5.29. The van der Waals surface area contributed by atoms with E-state index in [1.807, 2.05) is 6.20 Å². The molecule has 1 aliphatic carbocycles. The van der Waals surface area contributed by atoms with Crippen molar-refractivity contribution in [1.82, 2.24) is 14.5 Å². The average Bonchev–Trinajstić information content (AvgIpc) is 3.43. The van der Waals surface area contributed by atoms with Gasteiger partial charge in [-0.2, -0.15) is 0 Å². The molecule has 0 bridgehead atoms. The summed E-state index contributed by atoms with van der Waals surface area (Å²) in [5.41, 5.74) is 12.4. The SMILES string of the molecule is CC1CC=Cc2c1c1ccccc1c1ncc(-c3cccc(-c4cccc(-n5c6ccccc6c6ccccc65)c4)c3)nc21. The Hall–Kier alpha value is -5.54. The molecule has 0 N–H and O–H groups in total. The minimum absolute atomic E-state index is 0.444. The first-order valence-corrected chi connectivity index (χ1v) is 15.3. The van der Waals surface area contributed by atoms with Crippen LogP contribution in [0.15, 0.2) is 134 Å². The van der Waals surface area contributed by atoms with Crippen LogP contribution in [0.25, 0.3) is 77.8 Å². The highest BCUT2D eigenvalue weighted by molar-refractivity contribution is 6.11. The van der Waals surface area contributed by atoms with Gasteiger partial charge < -0.3 is 4.57 Å². The maximum atomic E-state index is 5.29. The number of benzene rings is 6. The minimum atomic E-state index is 0.444. The van der Waals surface area contributed by atoms with Gasteiger partial charge in [-0.1, -0.05) is 110 Å². The average molecular weight is 564 g/mol. The zero-order valence-corrected chi connectivity index (χ0v) is 24.4. The first-order valence-electron chi connectivity index (χ1n) is 15.3. The van der Waals surface area contributed by atoms with Crippen LogP contribution in [0.4, 0.5) is 0 Å². The number of para-hydroxylation sites is 2. The molecule has 6 aromatic carbocycles. The van der Waals surface area contributed by atoms with Gasteiger partial charge in [-0.25, -0.2) is 4.98 Å². The molecule has 0 saturated heterocycles. The van der Waals surface area contributed by atoms with Crippen molar-refractivity contribution in [1.29, 1.82) is 0 Å². The van der Waals surface area contributed by atoms with Crippen molar-refractivity contribution in [3.05, 3.63) is 145 Å². The third kappa shape index (κ3) is 3.76. The lowest BCUT2D eigenvalue weighted by atomic mass is 9.83. The van der Waals surface area contributed by atoms with E-state index in [-0.39, 0.29) is 0 Å². The van der Waals surface area contributed by atoms with Crippen LogP contribution in [-0.4, -0.2) is 14.5 Å². The quantitative estimate of drug-likeness (QED) is 0.200. The van der Waals surface area contributed by atoms with Crippen molar-refractivity contribution in [3.8, 4) is 28.1 Å². The molecular weight excluding hydrogens is 534 g/mol. The number of aromatic nitrogens is 3. The number of fused-ring (bicyclic) bond motifs is 9. The fraction of sp³-hybridized carbons (Fsp3) is 0.0732. The van der Waals surface area contributed by atoms with E-state index in [4.69, 9.17) is 9.97 Å². The van der Waals surface area contributed by atoms with E-state index in [1.165, 1.54) is 49.3 Å². The van der Waals surface area contributed by atoms with E-state index >= 15 is 0 Å². The molecular formula is C41H29N3. The lowest BCUT2D eigenvalue weighted by Crippen LogP contribution is -2.04. The topological polar surface area (TPSA) is 30.7 Å². The van der Waals surface area contributed by atoms with Crippen LogP contribution in [0.1, 0.15) is 30.4 Å². The van der Waals surface area contributed by atoms with E-state index in [1.54, 1.807) is 0 Å². The lowest BCUT2D eigenvalue weighted by molar-refractivity contribution is 0.780. The molecule has 2 aromatic heterocycles. The molecule has 1 atom stereocenters. The highest BCUT2D eigenvalue weighted by Gasteiger charge is 2.21. The highest BCUT2D eigenvalue weighted by Crippen LogP contribution is 2.41. The van der Waals surface area contributed by atoms with E-state index in [0.717, 1.165) is 40.0 Å². The summed E-state index contributed by atoms with van der Waals surface area (Å²) in [6.07, 6.45) is 7.51. The molecule has 3 nitrogen and oxygen atoms in total. The van der Waals surface area contributed by atoms with Crippen LogP contribution in [0.3, 0.4) is 0 Å². The van der Waals surface area contributed by atoms with Crippen LogP contribution in [-0.2, 0) is 0 Å². The molecule has 0 amide bonds. The summed E-state index contributed by atoms with van der Waals surface area (Å²) >= 11 is 0. The van der Waals surface area contributed by atoms with Crippen molar-refractivity contribution in [2.45, 2.75) is 19.3 Å². The molecule has 1 unspecified atom stereocenters. The fourth-order valence-corrected chi connectivity index (χ4v) is 7.20. The molecule has 3 heteroatoms. The Morgan fingerprint density at radius 3 is 2.02 bits per heavy atom. The molecule has 0 fully saturated rings. The Labute approximate surface area is 255 Å². The van der Waals surface area contributed by atoms with Crippen LogP contribution in [0, 0.1) is 0 Å². The molecule has 8 aromatic rings. The summed E-state index contributed by atoms with van der Waals surface area (Å²) in [4.78, 5) is 10.3. The van der Waals surface area contributed by atoms with E-state index in [9.17, 15) is 0 Å². The second-order valence-corrected chi connectivity index (χ2v) is 11.9. The van der Waals surface area contributed by atoms with Crippen LogP contribution in [0.5, 0.6) is 0 Å². The van der Waals surface area contributed by atoms with Gasteiger partial charge in [-0.3, -0.25) is 4.98 Å². The van der Waals surface area contributed by atoms with Gasteiger partial charge in [0.15, 0.2) is 0 Å². The van der Waals surface area contributed by atoms with Crippen LogP contribution in [0.2, 0.25) is 0 Å². The highest BCUT2D eigenvalue weighted by atomic mass is 15.0. The Balaban J connectivity index is 1.18. The summed E-state index contributed by atoms with van der Waals surface area (Å²) in [6.45, 7) is 2.31. The van der Waals surface area contributed by atoms with E-state index < -0.39 is 0 Å². The maximum Gasteiger partial charge on any atom is 0.0975 e. The van der Waals surface area contributed by atoms with Crippen molar-refractivity contribution < 1.29 is 0 Å². The van der Waals surface area contributed by atoms with Crippen LogP contribution >= 0.6 is 0 Å². The third-order valence-electron chi connectivity index (χ3n) is 9.23. The zero-order chi connectivity index (χ0) is 29.2. The number of allylic oxidation sites excluding steroid dienone is 1. The summed E-state index contributed by atoms with van der Waals surface area (Å²) in [7, 11) is 0. The van der Waals surface area contributed by atoms with Crippen LogP contribution < -0.4 is 0 Å². The number of nitrogens with zero attached hydrogens (tertiary/aromatic N) is 3. The largest absolute Gasteiger partial charge is 0.309 e. The second kappa shape index (κ2) is 9.75. The van der Waals surface area contributed by atoms with E-state index in [0.29, 0.717) is 5.92 Å². The normalized spacial score (nSPS) is 14.5. The minimum Gasteiger partial charge on any atom is -0.309 e. The Bertz CT molecular complexity index is 2390. The fourth-order valence-electron chi connectivity index (χ4n) is 7.20. The molecule has 2 heterocycles. The number of hydrogen-bond acceptors (Lipinski definition) is 2. The lowest BCUT2D eigenvalue weighted by Gasteiger charge is -2.22. The number of rotatable bonds is 3. The molecule has 0 aliphatic heterocycles. The molecule has 0 saturated carbocycles. The van der Waals surface area contributed by atoms with Gasteiger partial charge in [-0.05, 0) is 64.7 Å². The molecule has 9 rings (SSSR count). The van der Waals surface area contributed by atoms with Gasteiger partial charge in [0, 0.05) is 33.0 Å². The second-order valence-electron chi connectivity index (χ2n) is 11.9. The molecule has 1 aliphatic rings. The summed E-state index contributed by atoms with van der Waals surface area (Å²) in [5.74, 6) is 0.444. The first kappa shape index (κ1) is 25.0. The zero-order valence-electron chi connectivity index (χ0n) is 24.4. The van der Waals surface area contributed by atoms with Gasteiger partial charge in [0.25, 0.3) is 0 Å². The van der Waals surface area contributed by atoms with Gasteiger partial charge in [0.2, 0.25) is 0 Å². The van der Waals surface area contributed by atoms with Crippen molar-refractivity contribution >= 4 is 49.7 Å². The monoisotopic (exact) mass is 563 g/mol. The van der Waals surface area contributed by atoms with E-state index in [2.05, 4.69) is 145 Å². The standard InChI is InChI=1S/C41H29N3/c1-26-11-8-20-35-39(26)33-18-2-3-19-34(33)40-41(35)43-36(25-42-40)29-14-9-12-27(23-29)28-13-10-15-30(24-28)44-37-21-6-4-16-31(37)32-17-5-7-22-38(32)44/h2-10,12-26H,11H2,1H3. The van der Waals surface area contributed by atoms with Gasteiger partial charge in [0.1, 0.15) is 0 Å². The van der Waals surface area contributed by atoms with Gasteiger partial charge in [-0.15, -0.1) is 0 Å². The van der Waals surface area contributed by atoms with Gasteiger partial charge >= 0.3 is 0 Å². The number of hydrogen-bond donors (Lipinski definition) is 0. The van der Waals surface area contributed by atoms with Crippen molar-refractivity contribution in [3.63, 3.8) is 0 Å². The predicted molar refractivity (Wildman–Crippen MR) is 184 cm³/mol. The third-order valence-corrected chi connectivity index (χ3v) is 9.23. The molecule has 0 radical (unpaired) electrons. The molecule has 0 spiro atoms. The summed E-state index contributed by atoms with van der Waals surface area (Å²) in [6, 6.07) is 43.5. The van der Waals surface area contributed by atoms with Crippen molar-refractivity contribution in [2.24, 2.45) is 0 Å². The summed E-state index contributed by atoms with van der Waals surface area (Å²) < 4.78 is 2.37. The first-order chi connectivity index (χ1) is 21.7. The Morgan fingerprint density at radius 1 is 0.614 bits per heavy atom. The van der Waals surface area contributed by atoms with Gasteiger partial charge in [0.05, 0.1) is 34.0 Å². The Morgan fingerprint density at radius 2 is 1.25 bits per heavy atom. The van der Waals surface area contributed by atoms with Crippen molar-refractivity contribution in [2.75, 3.05) is 0 Å². The molecule has 208 valence electrons. The predicted octanol–water partition coefficient (Wildman–Crippen LogP) is 10.7. The smallest absolute Gasteiger partial charge is 0.0975 e. The summed E-state index contributed by atoms with van der Waals surface area (Å²) in [5, 5.41) is 5.01.